The van der Waals surface area contributed by atoms with Gasteiger partial charge in [0, 0.05) is 5.56 Å². The average Bonchev–Trinajstić information content (AvgIpc) is 2.91. The molecule has 0 unspecified atom stereocenters. The van der Waals surface area contributed by atoms with Gasteiger partial charge in [-0.3, -0.25) is 0 Å². The number of carbonyl (C=O) groups is 1. The first-order valence-electron chi connectivity index (χ1n) is 12.5. The lowest BCUT2D eigenvalue weighted by Crippen LogP contribution is -2.18. The molecule has 1 aliphatic heterocycles. The number of hydrogen-bond acceptors (Lipinski definition) is 5. The molecule has 1 heterocycles. The summed E-state index contributed by atoms with van der Waals surface area (Å²) in [6.45, 7) is 8.97. The van der Waals surface area contributed by atoms with Crippen LogP contribution >= 0.6 is 0 Å². The molecule has 2 aromatic carbocycles. The maximum absolute atomic E-state index is 13.1. The number of ether oxygens (including phenoxy) is 2. The molecule has 0 N–H and O–H groups in total. The Morgan fingerprint density at radius 3 is 2.46 bits per heavy atom. The molecule has 1 aliphatic rings. The van der Waals surface area contributed by atoms with Gasteiger partial charge >= 0.3 is 5.97 Å². The van der Waals surface area contributed by atoms with Crippen LogP contribution in [0.25, 0.3) is 11.6 Å². The van der Waals surface area contributed by atoms with Crippen molar-refractivity contribution in [1.29, 1.82) is 0 Å². The Labute approximate surface area is 210 Å². The van der Waals surface area contributed by atoms with Gasteiger partial charge in [-0.05, 0) is 72.6 Å². The Morgan fingerprint density at radius 2 is 1.80 bits per heavy atom. The lowest BCUT2D eigenvalue weighted by molar-refractivity contribution is 0.0600. The molecule has 3 rings (SSSR count). The van der Waals surface area contributed by atoms with Gasteiger partial charge in [0.25, 0.3) is 0 Å². The third kappa shape index (κ3) is 6.54. The molecule has 5 nitrogen and oxygen atoms in total. The summed E-state index contributed by atoms with van der Waals surface area (Å²) in [7, 11) is -2.01. The maximum Gasteiger partial charge on any atom is 0.337 e. The Hall–Kier alpha value is -2.60. The van der Waals surface area contributed by atoms with E-state index >= 15 is 0 Å². The van der Waals surface area contributed by atoms with E-state index in [1.54, 1.807) is 18.2 Å². The third-order valence-electron chi connectivity index (χ3n) is 6.76. The van der Waals surface area contributed by atoms with Gasteiger partial charge in [-0.25, -0.2) is 13.2 Å². The van der Waals surface area contributed by atoms with Crippen molar-refractivity contribution in [3.8, 4) is 5.75 Å². The Balaban J connectivity index is 2.05. The van der Waals surface area contributed by atoms with Crippen LogP contribution < -0.4 is 4.74 Å². The molecule has 0 aromatic heterocycles. The molecule has 0 atom stereocenters. The van der Waals surface area contributed by atoms with Gasteiger partial charge in [0.2, 0.25) is 0 Å². The molecule has 0 radical (unpaired) electrons. The molecule has 35 heavy (non-hydrogen) atoms. The summed E-state index contributed by atoms with van der Waals surface area (Å²) >= 11 is 0. The van der Waals surface area contributed by atoms with Crippen molar-refractivity contribution in [1.82, 2.24) is 0 Å². The summed E-state index contributed by atoms with van der Waals surface area (Å²) < 4.78 is 37.2. The first-order valence-corrected chi connectivity index (χ1v) is 14.2. The minimum atomic E-state index is -3.37. The molecule has 0 spiro atoms. The Bertz CT molecular complexity index is 1170. The Morgan fingerprint density at radius 1 is 1.09 bits per heavy atom. The van der Waals surface area contributed by atoms with Crippen LogP contribution in [0.3, 0.4) is 0 Å². The smallest absolute Gasteiger partial charge is 0.337 e. The van der Waals surface area contributed by atoms with E-state index in [0.29, 0.717) is 29.2 Å². The first-order chi connectivity index (χ1) is 16.6. The average molecular weight is 499 g/mol. The van der Waals surface area contributed by atoms with Gasteiger partial charge in [-0.15, -0.1) is 0 Å². The van der Waals surface area contributed by atoms with E-state index in [9.17, 15) is 13.2 Å². The quantitative estimate of drug-likeness (QED) is 0.215. The zero-order valence-electron chi connectivity index (χ0n) is 21.6. The number of rotatable bonds is 9. The maximum atomic E-state index is 13.1. The molecule has 0 saturated heterocycles. The second-order valence-corrected chi connectivity index (χ2v) is 12.1. The van der Waals surface area contributed by atoms with Crippen molar-refractivity contribution in [3.63, 3.8) is 0 Å². The van der Waals surface area contributed by atoms with Crippen molar-refractivity contribution in [2.24, 2.45) is 0 Å². The highest BCUT2D eigenvalue weighted by Crippen LogP contribution is 2.42. The third-order valence-corrected chi connectivity index (χ3v) is 8.59. The van der Waals surface area contributed by atoms with E-state index in [4.69, 9.17) is 9.47 Å². The molecule has 2 aromatic rings. The van der Waals surface area contributed by atoms with Gasteiger partial charge in [-0.1, -0.05) is 58.2 Å². The molecular formula is C29H38O5S. The van der Waals surface area contributed by atoms with E-state index in [-0.39, 0.29) is 17.1 Å². The van der Waals surface area contributed by atoms with Gasteiger partial charge in [0.15, 0.2) is 9.84 Å². The summed E-state index contributed by atoms with van der Waals surface area (Å²) in [5.74, 6) is 0.409. The standard InChI is InChI=1S/C29H38O5S/c1-6-7-8-9-16-34-26-20-27-25(29(3,4)15-10-17-35(27,31)32)19-24(26)21(2)18-22-11-13-23(14-12-22)28(30)33-5/h11-14,18-20H,6-10,15-17H2,1-5H3/b21-18+. The minimum Gasteiger partial charge on any atom is -0.493 e. The summed E-state index contributed by atoms with van der Waals surface area (Å²) in [4.78, 5) is 12.2. The van der Waals surface area contributed by atoms with Gasteiger partial charge < -0.3 is 9.47 Å². The number of allylic oxidation sites excluding steroid dienone is 1. The number of benzene rings is 2. The highest BCUT2D eigenvalue weighted by Gasteiger charge is 2.34. The second kappa shape index (κ2) is 11.4. The lowest BCUT2D eigenvalue weighted by atomic mass is 9.79. The fourth-order valence-electron chi connectivity index (χ4n) is 4.60. The number of methoxy groups -OCH3 is 1. The van der Waals surface area contributed by atoms with Gasteiger partial charge in [-0.2, -0.15) is 0 Å². The normalized spacial score (nSPS) is 16.8. The fraction of sp³-hybridized carbons (Fsp3) is 0.483. The molecule has 0 saturated carbocycles. The van der Waals surface area contributed by atoms with E-state index in [2.05, 4.69) is 20.8 Å². The molecule has 6 heteroatoms. The second-order valence-electron chi connectivity index (χ2n) is 10.0. The van der Waals surface area contributed by atoms with Crippen LogP contribution in [0.1, 0.15) is 93.3 Å². The number of carbonyl (C=O) groups excluding carboxylic acids is 1. The predicted molar refractivity (Wildman–Crippen MR) is 142 cm³/mol. The Kier molecular flexibility index (Phi) is 8.81. The van der Waals surface area contributed by atoms with Crippen molar-refractivity contribution >= 4 is 27.5 Å². The van der Waals surface area contributed by atoms with Crippen LogP contribution in [0, 0.1) is 0 Å². The van der Waals surface area contributed by atoms with Crippen LogP contribution in [0.5, 0.6) is 5.75 Å². The minimum absolute atomic E-state index is 0.167. The number of hydrogen-bond donors (Lipinski definition) is 0. The molecule has 0 bridgehead atoms. The monoisotopic (exact) mass is 498 g/mol. The topological polar surface area (TPSA) is 69.7 Å². The summed E-state index contributed by atoms with van der Waals surface area (Å²) in [6, 6.07) is 11.0. The summed E-state index contributed by atoms with van der Waals surface area (Å²) in [5.41, 5.74) is 3.91. The van der Waals surface area contributed by atoms with E-state index in [1.165, 1.54) is 7.11 Å². The van der Waals surface area contributed by atoms with E-state index in [1.807, 2.05) is 31.2 Å². The van der Waals surface area contributed by atoms with Crippen molar-refractivity contribution in [2.45, 2.75) is 76.5 Å². The van der Waals surface area contributed by atoms with Crippen LogP contribution in [-0.4, -0.2) is 33.9 Å². The van der Waals surface area contributed by atoms with Crippen LogP contribution in [0.4, 0.5) is 0 Å². The molecule has 0 fully saturated rings. The highest BCUT2D eigenvalue weighted by molar-refractivity contribution is 7.91. The van der Waals surface area contributed by atoms with Crippen molar-refractivity contribution in [3.05, 3.63) is 58.7 Å². The lowest BCUT2D eigenvalue weighted by Gasteiger charge is -2.26. The SMILES string of the molecule is CCCCCCOc1cc2c(cc1/C(C)=C/c1ccc(C(=O)OC)cc1)C(C)(C)CCCS2(=O)=O. The molecule has 0 aliphatic carbocycles. The molecule has 0 amide bonds. The predicted octanol–water partition coefficient (Wildman–Crippen LogP) is 6.84. The van der Waals surface area contributed by atoms with Gasteiger partial charge in [0.1, 0.15) is 5.75 Å². The highest BCUT2D eigenvalue weighted by atomic mass is 32.2. The zero-order valence-corrected chi connectivity index (χ0v) is 22.5. The van der Waals surface area contributed by atoms with E-state index < -0.39 is 9.84 Å². The van der Waals surface area contributed by atoms with Gasteiger partial charge in [0.05, 0.1) is 29.9 Å². The zero-order chi connectivity index (χ0) is 25.6. The largest absolute Gasteiger partial charge is 0.493 e. The number of fused-ring (bicyclic) bond motifs is 1. The van der Waals surface area contributed by atoms with Crippen molar-refractivity contribution < 1.29 is 22.7 Å². The number of esters is 1. The number of sulfone groups is 1. The van der Waals surface area contributed by atoms with E-state index in [0.717, 1.165) is 54.4 Å². The van der Waals surface area contributed by atoms with Crippen LogP contribution in [0.2, 0.25) is 0 Å². The summed E-state index contributed by atoms with van der Waals surface area (Å²) in [6.07, 6.45) is 7.81. The molecular weight excluding hydrogens is 460 g/mol. The van der Waals surface area contributed by atoms with Crippen LogP contribution in [0.15, 0.2) is 41.3 Å². The summed E-state index contributed by atoms with van der Waals surface area (Å²) in [5, 5.41) is 0. The number of unbranched alkanes of at least 4 members (excludes halogenated alkanes) is 3. The molecule has 190 valence electrons. The van der Waals surface area contributed by atoms with Crippen LogP contribution in [-0.2, 0) is 20.0 Å². The van der Waals surface area contributed by atoms with Crippen molar-refractivity contribution in [2.75, 3.05) is 19.5 Å². The first kappa shape index (κ1) is 27.0. The fourth-order valence-corrected chi connectivity index (χ4v) is 6.30.